The standard InChI is InChI=1S/C18H15N3O2/c1-11-3-8-16-14(9-11)17-15(10-19-16)18(22)21(20-17)12-4-6-13(23-2)7-5-12/h3-10,20H,1-2H3/i2D3. The van der Waals surface area contributed by atoms with Crippen LogP contribution < -0.4 is 10.3 Å². The van der Waals surface area contributed by atoms with Crippen molar-refractivity contribution in [3.05, 3.63) is 64.6 Å². The van der Waals surface area contributed by atoms with E-state index >= 15 is 0 Å². The number of aromatic nitrogens is 3. The van der Waals surface area contributed by atoms with Crippen molar-refractivity contribution in [2.75, 3.05) is 7.04 Å². The van der Waals surface area contributed by atoms with Crippen LogP contribution in [-0.4, -0.2) is 21.8 Å². The van der Waals surface area contributed by atoms with Crippen molar-refractivity contribution in [1.82, 2.24) is 14.8 Å². The fraction of sp³-hybridized carbons (Fsp3) is 0.111. The molecule has 0 spiro atoms. The Morgan fingerprint density at radius 3 is 2.78 bits per heavy atom. The molecule has 2 aromatic heterocycles. The van der Waals surface area contributed by atoms with E-state index in [0.29, 0.717) is 16.6 Å². The summed E-state index contributed by atoms with van der Waals surface area (Å²) in [5.41, 5.74) is 2.95. The number of benzene rings is 2. The first-order valence-corrected chi connectivity index (χ1v) is 7.11. The van der Waals surface area contributed by atoms with Gasteiger partial charge in [0.25, 0.3) is 5.56 Å². The minimum absolute atomic E-state index is 0.209. The van der Waals surface area contributed by atoms with E-state index in [1.54, 1.807) is 18.3 Å². The summed E-state index contributed by atoms with van der Waals surface area (Å²) in [6, 6.07) is 12.1. The number of methoxy groups -OCH3 is 1. The molecule has 5 heteroatoms. The van der Waals surface area contributed by atoms with Gasteiger partial charge in [-0.25, -0.2) is 4.68 Å². The van der Waals surface area contributed by atoms with Crippen LogP contribution in [-0.2, 0) is 0 Å². The van der Waals surface area contributed by atoms with Gasteiger partial charge in [0.05, 0.1) is 33.3 Å². The van der Waals surface area contributed by atoms with Crippen molar-refractivity contribution in [3.63, 3.8) is 0 Å². The molecule has 0 aliphatic heterocycles. The number of rotatable bonds is 2. The van der Waals surface area contributed by atoms with Crippen LogP contribution in [0.3, 0.4) is 0 Å². The first kappa shape index (κ1) is 10.6. The molecule has 0 saturated heterocycles. The van der Waals surface area contributed by atoms with Crippen LogP contribution in [0, 0.1) is 6.92 Å². The second-order valence-corrected chi connectivity index (χ2v) is 5.42. The van der Waals surface area contributed by atoms with Gasteiger partial charge in [0.15, 0.2) is 0 Å². The van der Waals surface area contributed by atoms with Gasteiger partial charge >= 0.3 is 0 Å². The van der Waals surface area contributed by atoms with Crippen molar-refractivity contribution in [2.24, 2.45) is 0 Å². The third-order valence-corrected chi connectivity index (χ3v) is 3.89. The summed E-state index contributed by atoms with van der Waals surface area (Å²) < 4.78 is 27.6. The van der Waals surface area contributed by atoms with Crippen LogP contribution in [0.5, 0.6) is 5.75 Å². The first-order chi connectivity index (χ1) is 12.3. The number of nitrogens with one attached hydrogen (secondary N) is 1. The Balaban J connectivity index is 1.84. The zero-order chi connectivity index (χ0) is 18.5. The molecular formula is C18H15N3O2. The molecule has 23 heavy (non-hydrogen) atoms. The molecular weight excluding hydrogens is 290 g/mol. The summed E-state index contributed by atoms with van der Waals surface area (Å²) in [6.07, 6.45) is 1.56. The number of fused-ring (bicyclic) bond motifs is 3. The van der Waals surface area contributed by atoms with Crippen molar-refractivity contribution in [1.29, 1.82) is 0 Å². The van der Waals surface area contributed by atoms with E-state index in [0.717, 1.165) is 16.5 Å². The number of aromatic amines is 1. The predicted octanol–water partition coefficient (Wildman–Crippen LogP) is 3.18. The molecule has 0 radical (unpaired) electrons. The summed E-state index contributed by atoms with van der Waals surface area (Å²) in [4.78, 5) is 17.1. The number of ether oxygens (including phenoxy) is 1. The SMILES string of the molecule is [2H]C([2H])([2H])Oc1ccc(-n2[nH]c3c(cnc4ccc(C)cc43)c2=O)cc1. The molecule has 0 aliphatic rings. The maximum absolute atomic E-state index is 12.7. The third kappa shape index (κ3) is 2.09. The first-order valence-electron chi connectivity index (χ1n) is 8.61. The molecule has 2 aromatic carbocycles. The highest BCUT2D eigenvalue weighted by Crippen LogP contribution is 2.22. The van der Waals surface area contributed by atoms with E-state index in [1.165, 1.54) is 16.8 Å². The second-order valence-electron chi connectivity index (χ2n) is 5.42. The summed E-state index contributed by atoms with van der Waals surface area (Å²) in [6.45, 7) is 1.98. The molecule has 0 amide bonds. The van der Waals surface area contributed by atoms with Crippen LogP contribution in [0.1, 0.15) is 9.68 Å². The highest BCUT2D eigenvalue weighted by atomic mass is 16.5. The molecule has 4 aromatic rings. The summed E-state index contributed by atoms with van der Waals surface area (Å²) in [5.74, 6) is 0.209. The topological polar surface area (TPSA) is 59.9 Å². The Bertz CT molecular complexity index is 1170. The molecule has 114 valence electrons. The number of nitrogens with zero attached hydrogens (tertiary/aromatic N) is 2. The number of aryl methyl sites for hydroxylation is 1. The van der Waals surface area contributed by atoms with Gasteiger partial charge in [-0.3, -0.25) is 14.9 Å². The Labute approximate surface area is 136 Å². The molecule has 0 bridgehead atoms. The van der Waals surface area contributed by atoms with Crippen LogP contribution in [0.25, 0.3) is 27.5 Å². The molecule has 2 heterocycles. The third-order valence-electron chi connectivity index (χ3n) is 3.89. The molecule has 0 saturated carbocycles. The fourth-order valence-electron chi connectivity index (χ4n) is 2.72. The number of hydrogen-bond acceptors (Lipinski definition) is 3. The van der Waals surface area contributed by atoms with Gasteiger partial charge in [0.2, 0.25) is 0 Å². The van der Waals surface area contributed by atoms with E-state index in [9.17, 15) is 4.79 Å². The summed E-state index contributed by atoms with van der Waals surface area (Å²) >= 11 is 0. The number of hydrogen-bond donors (Lipinski definition) is 1. The maximum Gasteiger partial charge on any atom is 0.280 e. The predicted molar refractivity (Wildman–Crippen MR) is 90.5 cm³/mol. The molecule has 5 nitrogen and oxygen atoms in total. The van der Waals surface area contributed by atoms with Gasteiger partial charge < -0.3 is 4.74 Å². The van der Waals surface area contributed by atoms with Crippen LogP contribution in [0.15, 0.2) is 53.5 Å². The lowest BCUT2D eigenvalue weighted by Gasteiger charge is -2.03. The number of H-pyrrole nitrogens is 1. The van der Waals surface area contributed by atoms with Crippen molar-refractivity contribution in [3.8, 4) is 11.4 Å². The largest absolute Gasteiger partial charge is 0.497 e. The number of pyridine rings is 1. The van der Waals surface area contributed by atoms with E-state index in [-0.39, 0.29) is 11.3 Å². The van der Waals surface area contributed by atoms with E-state index in [4.69, 9.17) is 8.85 Å². The maximum atomic E-state index is 12.7. The molecule has 4 rings (SSSR count). The molecule has 0 aliphatic carbocycles. The Morgan fingerprint density at radius 1 is 1.17 bits per heavy atom. The monoisotopic (exact) mass is 308 g/mol. The Morgan fingerprint density at radius 2 is 2.00 bits per heavy atom. The normalized spacial score (nSPS) is 13.7. The highest BCUT2D eigenvalue weighted by Gasteiger charge is 2.12. The van der Waals surface area contributed by atoms with Crippen LogP contribution in [0.4, 0.5) is 0 Å². The lowest BCUT2D eigenvalue weighted by atomic mass is 10.1. The molecule has 1 N–H and O–H groups in total. The van der Waals surface area contributed by atoms with Gasteiger partial charge in [-0.1, -0.05) is 11.6 Å². The highest BCUT2D eigenvalue weighted by molar-refractivity contribution is 6.02. The summed E-state index contributed by atoms with van der Waals surface area (Å²) in [7, 11) is -2.51. The average Bonchev–Trinajstić information content (AvgIpc) is 2.92. The van der Waals surface area contributed by atoms with Crippen molar-refractivity contribution < 1.29 is 8.85 Å². The zero-order valence-corrected chi connectivity index (χ0v) is 12.3. The lowest BCUT2D eigenvalue weighted by Crippen LogP contribution is -2.14. The zero-order valence-electron chi connectivity index (χ0n) is 15.3. The molecule has 0 atom stereocenters. The van der Waals surface area contributed by atoms with E-state index in [2.05, 4.69) is 10.1 Å². The van der Waals surface area contributed by atoms with Gasteiger partial charge in [-0.15, -0.1) is 0 Å². The van der Waals surface area contributed by atoms with Crippen LogP contribution in [0.2, 0.25) is 0 Å². The quantitative estimate of drug-likeness (QED) is 0.618. The van der Waals surface area contributed by atoms with Gasteiger partial charge in [0.1, 0.15) is 5.75 Å². The Hall–Kier alpha value is -3.08. The smallest absolute Gasteiger partial charge is 0.280 e. The second kappa shape index (κ2) is 4.98. The molecule has 0 fully saturated rings. The van der Waals surface area contributed by atoms with Gasteiger partial charge in [0, 0.05) is 11.6 Å². The average molecular weight is 308 g/mol. The minimum Gasteiger partial charge on any atom is -0.497 e. The van der Waals surface area contributed by atoms with E-state index in [1.807, 2.05) is 25.1 Å². The van der Waals surface area contributed by atoms with E-state index < -0.39 is 7.04 Å². The van der Waals surface area contributed by atoms with Crippen molar-refractivity contribution in [2.45, 2.75) is 6.92 Å². The Kier molecular flexibility index (Phi) is 2.30. The molecule has 0 unspecified atom stereocenters. The van der Waals surface area contributed by atoms with Crippen molar-refractivity contribution >= 4 is 21.8 Å². The lowest BCUT2D eigenvalue weighted by molar-refractivity contribution is 0.414. The fourth-order valence-corrected chi connectivity index (χ4v) is 2.72. The van der Waals surface area contributed by atoms with Gasteiger partial charge in [-0.2, -0.15) is 0 Å². The minimum atomic E-state index is -2.51. The van der Waals surface area contributed by atoms with Crippen LogP contribution >= 0.6 is 0 Å². The van der Waals surface area contributed by atoms with Gasteiger partial charge in [-0.05, 0) is 43.3 Å². The summed E-state index contributed by atoms with van der Waals surface area (Å²) in [5, 5.41) is 4.50.